The largest absolute Gasteiger partial charge is 0.452 e. The predicted molar refractivity (Wildman–Crippen MR) is 101 cm³/mol. The molecule has 1 aromatic rings. The number of carbonyl (C=O) groups is 2. The maximum atomic E-state index is 12.3. The number of hydrogen-bond acceptors (Lipinski definition) is 8. The van der Waals surface area contributed by atoms with Crippen LogP contribution in [-0.2, 0) is 14.3 Å². The van der Waals surface area contributed by atoms with E-state index >= 15 is 0 Å². The zero-order valence-corrected chi connectivity index (χ0v) is 16.1. The lowest BCUT2D eigenvalue weighted by Crippen LogP contribution is -2.48. The van der Waals surface area contributed by atoms with Gasteiger partial charge in [-0.05, 0) is 37.8 Å². The van der Waals surface area contributed by atoms with Crippen LogP contribution in [0.5, 0.6) is 0 Å². The maximum Gasteiger partial charge on any atom is 0.338 e. The van der Waals surface area contributed by atoms with Gasteiger partial charge in [0.05, 0.1) is 29.8 Å². The number of anilines is 1. The number of nitrogens with one attached hydrogen (secondary N) is 1. The minimum absolute atomic E-state index is 0.0215. The van der Waals surface area contributed by atoms with E-state index in [9.17, 15) is 25.0 Å². The van der Waals surface area contributed by atoms with Gasteiger partial charge in [0.25, 0.3) is 11.6 Å². The number of benzene rings is 1. The van der Waals surface area contributed by atoms with E-state index in [1.807, 2.05) is 4.90 Å². The summed E-state index contributed by atoms with van der Waals surface area (Å²) in [6.45, 7) is 3.05. The number of hydrogen-bond donors (Lipinski definition) is 1. The Kier molecular flexibility index (Phi) is 5.98. The minimum Gasteiger partial charge on any atom is -0.452 e. The van der Waals surface area contributed by atoms with E-state index in [2.05, 4.69) is 11.4 Å². The number of nitro groups is 1. The second-order valence-electron chi connectivity index (χ2n) is 7.27. The van der Waals surface area contributed by atoms with Crippen molar-refractivity contribution < 1.29 is 24.0 Å². The molecule has 10 nitrogen and oxygen atoms in total. The Balaban J connectivity index is 1.64. The molecule has 0 unspecified atom stereocenters. The lowest BCUT2D eigenvalue weighted by molar-refractivity contribution is -0.384. The van der Waals surface area contributed by atoms with E-state index in [1.165, 1.54) is 12.1 Å². The molecule has 0 spiro atoms. The first-order valence-electron chi connectivity index (χ1n) is 9.34. The highest BCUT2D eigenvalue weighted by Crippen LogP contribution is 2.39. The molecule has 1 aliphatic heterocycles. The molecule has 1 saturated carbocycles. The Morgan fingerprint density at radius 3 is 2.69 bits per heavy atom. The van der Waals surface area contributed by atoms with E-state index < -0.39 is 28.9 Å². The van der Waals surface area contributed by atoms with Gasteiger partial charge in [-0.25, -0.2) is 4.79 Å². The van der Waals surface area contributed by atoms with Crippen LogP contribution in [0.15, 0.2) is 18.2 Å². The highest BCUT2D eigenvalue weighted by Gasteiger charge is 2.43. The number of nitro benzene ring substituents is 1. The fraction of sp³-hybridized carbons (Fsp3) is 0.526. The number of nitrogens with zero attached hydrogens (tertiary/aromatic N) is 3. The van der Waals surface area contributed by atoms with Gasteiger partial charge >= 0.3 is 5.97 Å². The van der Waals surface area contributed by atoms with Crippen molar-refractivity contribution >= 4 is 23.3 Å². The fourth-order valence-electron chi connectivity index (χ4n) is 3.29. The summed E-state index contributed by atoms with van der Waals surface area (Å²) in [7, 11) is 0. The van der Waals surface area contributed by atoms with Gasteiger partial charge in [-0.15, -0.1) is 0 Å². The summed E-state index contributed by atoms with van der Waals surface area (Å²) in [5.41, 5.74) is -0.813. The second-order valence-corrected chi connectivity index (χ2v) is 7.27. The van der Waals surface area contributed by atoms with E-state index in [0.717, 1.165) is 18.9 Å². The molecule has 2 fully saturated rings. The fourth-order valence-corrected chi connectivity index (χ4v) is 3.29. The Bertz CT molecular complexity index is 857. The van der Waals surface area contributed by atoms with Gasteiger partial charge in [-0.1, -0.05) is 0 Å². The minimum atomic E-state index is -0.984. The topological polar surface area (TPSA) is 135 Å². The molecule has 29 heavy (non-hydrogen) atoms. The zero-order valence-electron chi connectivity index (χ0n) is 16.1. The van der Waals surface area contributed by atoms with Crippen molar-refractivity contribution in [1.29, 1.82) is 5.26 Å². The van der Waals surface area contributed by atoms with Crippen molar-refractivity contribution in [2.75, 3.05) is 37.8 Å². The van der Waals surface area contributed by atoms with Crippen molar-refractivity contribution in [3.8, 4) is 6.07 Å². The first-order valence-corrected chi connectivity index (χ1v) is 9.34. The van der Waals surface area contributed by atoms with Crippen LogP contribution in [0.4, 0.5) is 11.4 Å². The van der Waals surface area contributed by atoms with Crippen molar-refractivity contribution in [1.82, 2.24) is 5.32 Å². The van der Waals surface area contributed by atoms with Gasteiger partial charge in [-0.3, -0.25) is 14.9 Å². The first-order chi connectivity index (χ1) is 13.8. The number of carbonyl (C=O) groups excluding carboxylic acids is 2. The Morgan fingerprint density at radius 2 is 2.10 bits per heavy atom. The molecule has 1 atom stereocenters. The molecule has 1 saturated heterocycles. The maximum absolute atomic E-state index is 12.3. The van der Waals surface area contributed by atoms with Crippen LogP contribution in [-0.4, -0.2) is 55.2 Å². The van der Waals surface area contributed by atoms with Crippen LogP contribution >= 0.6 is 0 Å². The van der Waals surface area contributed by atoms with Gasteiger partial charge in [-0.2, -0.15) is 5.26 Å². The molecule has 0 bridgehead atoms. The monoisotopic (exact) mass is 402 g/mol. The van der Waals surface area contributed by atoms with E-state index in [0.29, 0.717) is 32.0 Å². The number of ether oxygens (including phenoxy) is 2. The van der Waals surface area contributed by atoms with Crippen LogP contribution in [0, 0.1) is 27.4 Å². The molecule has 1 amide bonds. The summed E-state index contributed by atoms with van der Waals surface area (Å²) in [4.78, 5) is 37.1. The van der Waals surface area contributed by atoms with E-state index in [-0.39, 0.29) is 17.2 Å². The van der Waals surface area contributed by atoms with Crippen LogP contribution in [0.25, 0.3) is 0 Å². The van der Waals surface area contributed by atoms with E-state index in [4.69, 9.17) is 9.47 Å². The smallest absolute Gasteiger partial charge is 0.338 e. The van der Waals surface area contributed by atoms with Crippen LogP contribution < -0.4 is 10.2 Å². The third-order valence-corrected chi connectivity index (χ3v) is 5.12. The van der Waals surface area contributed by atoms with Crippen LogP contribution in [0.2, 0.25) is 0 Å². The SMILES string of the molecule is C[C@](C#N)(NC(=O)COC(=O)c1ccc(N2CCOCC2)c([N+](=O)[O-])c1)C1CC1. The molecule has 1 aromatic carbocycles. The Labute approximate surface area is 167 Å². The zero-order chi connectivity index (χ0) is 21.0. The molecule has 2 aliphatic rings. The summed E-state index contributed by atoms with van der Waals surface area (Å²) in [6, 6.07) is 6.17. The quantitative estimate of drug-likeness (QED) is 0.411. The molecule has 1 heterocycles. The lowest BCUT2D eigenvalue weighted by Gasteiger charge is -2.28. The molecule has 0 radical (unpaired) electrons. The molecule has 1 N–H and O–H groups in total. The molecule has 3 rings (SSSR count). The molecular weight excluding hydrogens is 380 g/mol. The van der Waals surface area contributed by atoms with Crippen LogP contribution in [0.1, 0.15) is 30.1 Å². The van der Waals surface area contributed by atoms with Crippen molar-refractivity contribution in [2.45, 2.75) is 25.3 Å². The molecule has 10 heteroatoms. The molecule has 1 aliphatic carbocycles. The predicted octanol–water partition coefficient (Wildman–Crippen LogP) is 1.40. The third-order valence-electron chi connectivity index (χ3n) is 5.12. The Morgan fingerprint density at radius 1 is 1.41 bits per heavy atom. The number of rotatable bonds is 7. The van der Waals surface area contributed by atoms with Gasteiger partial charge in [0, 0.05) is 19.2 Å². The van der Waals surface area contributed by atoms with Crippen molar-refractivity contribution in [3.05, 3.63) is 33.9 Å². The Hall–Kier alpha value is -3.19. The van der Waals surface area contributed by atoms with Gasteiger partial charge < -0.3 is 19.7 Å². The number of esters is 1. The molecule has 154 valence electrons. The number of nitriles is 1. The summed E-state index contributed by atoms with van der Waals surface area (Å²) >= 11 is 0. The second kappa shape index (κ2) is 8.45. The molecular formula is C19H22N4O6. The average molecular weight is 402 g/mol. The summed E-state index contributed by atoms with van der Waals surface area (Å²) in [6.07, 6.45) is 1.73. The normalized spacial score (nSPS) is 18.3. The highest BCUT2D eigenvalue weighted by atomic mass is 16.6. The van der Waals surface area contributed by atoms with Gasteiger partial charge in [0.15, 0.2) is 6.61 Å². The lowest BCUT2D eigenvalue weighted by atomic mass is 9.98. The summed E-state index contributed by atoms with van der Waals surface area (Å²) < 4.78 is 10.2. The van der Waals surface area contributed by atoms with Crippen LogP contribution in [0.3, 0.4) is 0 Å². The number of amides is 1. The van der Waals surface area contributed by atoms with E-state index in [1.54, 1.807) is 6.92 Å². The standard InChI is InChI=1S/C19H22N4O6/c1-19(12-20,14-3-4-14)21-17(24)11-29-18(25)13-2-5-15(16(10-13)23(26)27)22-6-8-28-9-7-22/h2,5,10,14H,3-4,6-9,11H2,1H3,(H,21,24)/t19-/m1/s1. The summed E-state index contributed by atoms with van der Waals surface area (Å²) in [5.74, 6) is -1.34. The summed E-state index contributed by atoms with van der Waals surface area (Å²) in [5, 5.41) is 23.3. The van der Waals surface area contributed by atoms with Gasteiger partial charge in [0.2, 0.25) is 0 Å². The highest BCUT2D eigenvalue weighted by molar-refractivity contribution is 5.93. The van der Waals surface area contributed by atoms with Crippen molar-refractivity contribution in [3.63, 3.8) is 0 Å². The van der Waals surface area contributed by atoms with Gasteiger partial charge in [0.1, 0.15) is 11.2 Å². The molecule has 0 aromatic heterocycles. The average Bonchev–Trinajstić information content (AvgIpc) is 3.58. The van der Waals surface area contributed by atoms with Crippen molar-refractivity contribution in [2.24, 2.45) is 5.92 Å². The number of morpholine rings is 1. The third kappa shape index (κ3) is 4.81. The first kappa shape index (κ1) is 20.5.